The minimum Gasteiger partial charge on any atom is -0.396 e. The van der Waals surface area contributed by atoms with Gasteiger partial charge in [0.15, 0.2) is 5.78 Å². The number of aliphatic hydroxyl groups excluding tert-OH is 1. The molecule has 0 spiro atoms. The fourth-order valence-corrected chi connectivity index (χ4v) is 1.34. The Balaban J connectivity index is 2.26. The summed E-state index contributed by atoms with van der Waals surface area (Å²) in [6, 6.07) is 0. The van der Waals surface area contributed by atoms with Gasteiger partial charge in [0.1, 0.15) is 0 Å². The van der Waals surface area contributed by atoms with Crippen molar-refractivity contribution in [1.29, 1.82) is 0 Å². The lowest BCUT2D eigenvalue weighted by Crippen LogP contribution is -2.07. The third kappa shape index (κ3) is 2.85. The molecular weight excluding hydrogens is 140 g/mol. The molecule has 0 fully saturated rings. The summed E-state index contributed by atoms with van der Waals surface area (Å²) in [4.78, 5) is 10.7. The third-order valence-corrected chi connectivity index (χ3v) is 2.05. The van der Waals surface area contributed by atoms with Gasteiger partial charge in [-0.1, -0.05) is 6.08 Å². The summed E-state index contributed by atoms with van der Waals surface area (Å²) < 4.78 is 0. The number of hydrogen-bond donors (Lipinski definition) is 1. The van der Waals surface area contributed by atoms with Gasteiger partial charge in [0.2, 0.25) is 0 Å². The predicted molar refractivity (Wildman–Crippen MR) is 43.2 cm³/mol. The smallest absolute Gasteiger partial charge is 0.155 e. The molecule has 1 aliphatic rings. The summed E-state index contributed by atoms with van der Waals surface area (Å²) >= 11 is 0. The lowest BCUT2D eigenvalue weighted by atomic mass is 9.91. The minimum absolute atomic E-state index is 0.241. The highest BCUT2D eigenvalue weighted by molar-refractivity contribution is 5.90. The number of hydrogen-bond acceptors (Lipinski definition) is 2. The average Bonchev–Trinajstić information content (AvgIpc) is 2.04. The van der Waals surface area contributed by atoms with E-state index < -0.39 is 0 Å². The fraction of sp³-hybridized carbons (Fsp3) is 0.667. The van der Waals surface area contributed by atoms with Crippen molar-refractivity contribution in [2.75, 3.05) is 6.61 Å². The van der Waals surface area contributed by atoms with Crippen molar-refractivity contribution in [3.63, 3.8) is 0 Å². The maximum atomic E-state index is 10.7. The second-order valence-electron chi connectivity index (χ2n) is 2.99. The summed E-state index contributed by atoms with van der Waals surface area (Å²) in [6.07, 6.45) is 7.17. The monoisotopic (exact) mass is 154 g/mol. The van der Waals surface area contributed by atoms with E-state index in [9.17, 15) is 4.79 Å². The summed E-state index contributed by atoms with van der Waals surface area (Å²) in [5, 5.41) is 8.56. The number of ketones is 1. The van der Waals surface area contributed by atoms with Crippen LogP contribution in [0.1, 0.15) is 25.7 Å². The molecule has 0 aliphatic heterocycles. The molecule has 0 aromatic rings. The van der Waals surface area contributed by atoms with E-state index >= 15 is 0 Å². The van der Waals surface area contributed by atoms with Crippen molar-refractivity contribution in [3.8, 4) is 0 Å². The van der Waals surface area contributed by atoms with E-state index in [1.54, 1.807) is 6.08 Å². The van der Waals surface area contributed by atoms with Crippen LogP contribution < -0.4 is 0 Å². The van der Waals surface area contributed by atoms with Crippen LogP contribution in [-0.4, -0.2) is 17.5 Å². The Morgan fingerprint density at radius 3 is 3.00 bits per heavy atom. The first-order chi connectivity index (χ1) is 5.33. The van der Waals surface area contributed by atoms with Crippen molar-refractivity contribution in [2.45, 2.75) is 25.7 Å². The average molecular weight is 154 g/mol. The standard InChI is InChI=1S/C9H14O2/c10-7-1-2-8-3-5-9(11)6-4-8/h3,5,8,10H,1-2,4,6-7H2. The number of allylic oxidation sites excluding steroid dienone is 2. The molecule has 1 aliphatic carbocycles. The number of carbonyl (C=O) groups is 1. The molecule has 0 bridgehead atoms. The number of rotatable bonds is 3. The van der Waals surface area contributed by atoms with Crippen molar-refractivity contribution in [2.24, 2.45) is 5.92 Å². The highest BCUT2D eigenvalue weighted by Crippen LogP contribution is 2.19. The van der Waals surface area contributed by atoms with Crippen LogP contribution >= 0.6 is 0 Å². The van der Waals surface area contributed by atoms with Gasteiger partial charge in [-0.15, -0.1) is 0 Å². The molecule has 1 rings (SSSR count). The van der Waals surface area contributed by atoms with Gasteiger partial charge < -0.3 is 5.11 Å². The zero-order chi connectivity index (χ0) is 8.10. The molecule has 2 nitrogen and oxygen atoms in total. The van der Waals surface area contributed by atoms with Crippen molar-refractivity contribution >= 4 is 5.78 Å². The molecule has 0 aromatic carbocycles. The fourth-order valence-electron chi connectivity index (χ4n) is 1.34. The van der Waals surface area contributed by atoms with Crippen LogP contribution in [0.2, 0.25) is 0 Å². The molecule has 1 atom stereocenters. The minimum atomic E-state index is 0.241. The zero-order valence-electron chi connectivity index (χ0n) is 6.62. The predicted octanol–water partition coefficient (Wildman–Crippen LogP) is 1.29. The van der Waals surface area contributed by atoms with E-state index in [4.69, 9.17) is 5.11 Å². The topological polar surface area (TPSA) is 37.3 Å². The lowest BCUT2D eigenvalue weighted by molar-refractivity contribution is -0.115. The van der Waals surface area contributed by atoms with Crippen molar-refractivity contribution in [3.05, 3.63) is 12.2 Å². The Morgan fingerprint density at radius 1 is 1.64 bits per heavy atom. The SMILES string of the molecule is O=C1C=CC(CCCO)CC1. The van der Waals surface area contributed by atoms with Crippen LogP contribution in [0.25, 0.3) is 0 Å². The molecule has 0 aromatic heterocycles. The van der Waals surface area contributed by atoms with E-state index in [-0.39, 0.29) is 12.4 Å². The first-order valence-corrected chi connectivity index (χ1v) is 4.15. The van der Waals surface area contributed by atoms with Gasteiger partial charge in [-0.2, -0.15) is 0 Å². The Morgan fingerprint density at radius 2 is 2.45 bits per heavy atom. The second-order valence-corrected chi connectivity index (χ2v) is 2.99. The maximum absolute atomic E-state index is 10.7. The molecule has 0 amide bonds. The Hall–Kier alpha value is -0.630. The van der Waals surface area contributed by atoms with Crippen LogP contribution in [0.5, 0.6) is 0 Å². The Bertz CT molecular complexity index is 161. The van der Waals surface area contributed by atoms with Crippen molar-refractivity contribution in [1.82, 2.24) is 0 Å². The highest BCUT2D eigenvalue weighted by Gasteiger charge is 2.11. The first-order valence-electron chi connectivity index (χ1n) is 4.15. The summed E-state index contributed by atoms with van der Waals surface area (Å²) in [5.41, 5.74) is 0. The van der Waals surface area contributed by atoms with Gasteiger partial charge in [-0.3, -0.25) is 4.79 Å². The Kier molecular flexibility index (Phi) is 3.30. The molecule has 0 heterocycles. The quantitative estimate of drug-likeness (QED) is 0.665. The highest BCUT2D eigenvalue weighted by atomic mass is 16.2. The number of carbonyl (C=O) groups excluding carboxylic acids is 1. The van der Waals surface area contributed by atoms with Gasteiger partial charge in [-0.05, 0) is 31.3 Å². The normalized spacial score (nSPS) is 24.1. The third-order valence-electron chi connectivity index (χ3n) is 2.05. The molecule has 0 radical (unpaired) electrons. The summed E-state index contributed by atoms with van der Waals surface area (Å²) in [6.45, 7) is 0.262. The van der Waals surface area contributed by atoms with E-state index in [1.807, 2.05) is 6.08 Å². The van der Waals surface area contributed by atoms with E-state index in [0.29, 0.717) is 12.3 Å². The molecule has 2 heteroatoms. The van der Waals surface area contributed by atoms with E-state index in [2.05, 4.69) is 0 Å². The van der Waals surface area contributed by atoms with Crippen LogP contribution in [0, 0.1) is 5.92 Å². The first kappa shape index (κ1) is 8.47. The maximum Gasteiger partial charge on any atom is 0.155 e. The largest absolute Gasteiger partial charge is 0.396 e. The van der Waals surface area contributed by atoms with Crippen LogP contribution in [0.3, 0.4) is 0 Å². The zero-order valence-corrected chi connectivity index (χ0v) is 6.62. The van der Waals surface area contributed by atoms with Gasteiger partial charge in [-0.25, -0.2) is 0 Å². The Labute approximate surface area is 66.9 Å². The van der Waals surface area contributed by atoms with E-state index in [0.717, 1.165) is 19.3 Å². The van der Waals surface area contributed by atoms with Gasteiger partial charge >= 0.3 is 0 Å². The second kappa shape index (κ2) is 4.29. The summed E-state index contributed by atoms with van der Waals surface area (Å²) in [7, 11) is 0. The summed E-state index contributed by atoms with van der Waals surface area (Å²) in [5.74, 6) is 0.769. The molecule has 62 valence electrons. The van der Waals surface area contributed by atoms with Gasteiger partial charge in [0, 0.05) is 13.0 Å². The molecule has 1 unspecified atom stereocenters. The molecule has 0 saturated carbocycles. The molecule has 11 heavy (non-hydrogen) atoms. The molecule has 0 saturated heterocycles. The number of aliphatic hydroxyl groups is 1. The van der Waals surface area contributed by atoms with Crippen LogP contribution in [-0.2, 0) is 4.79 Å². The van der Waals surface area contributed by atoms with Gasteiger partial charge in [0.25, 0.3) is 0 Å². The van der Waals surface area contributed by atoms with Crippen molar-refractivity contribution < 1.29 is 9.90 Å². The lowest BCUT2D eigenvalue weighted by Gasteiger charge is -2.14. The van der Waals surface area contributed by atoms with E-state index in [1.165, 1.54) is 0 Å². The molecule has 1 N–H and O–H groups in total. The molecular formula is C9H14O2. The van der Waals surface area contributed by atoms with Crippen LogP contribution in [0.4, 0.5) is 0 Å². The van der Waals surface area contributed by atoms with Gasteiger partial charge in [0.05, 0.1) is 0 Å². The van der Waals surface area contributed by atoms with Crippen LogP contribution in [0.15, 0.2) is 12.2 Å².